The molecule has 0 atom stereocenters. The molecular weight excluding hydrogens is 324 g/mol. The summed E-state index contributed by atoms with van der Waals surface area (Å²) >= 11 is 1.52. The SMILES string of the molecule is Cc1ccc(-n2c(SCC(C)(C)O)nnc2N2CCOCC2)cc1. The Labute approximate surface area is 146 Å². The number of anilines is 1. The van der Waals surface area contributed by atoms with Crippen molar-refractivity contribution in [3.8, 4) is 5.69 Å². The number of morpholine rings is 1. The number of aromatic nitrogens is 3. The number of hydrogen-bond donors (Lipinski definition) is 1. The molecule has 1 aromatic heterocycles. The lowest BCUT2D eigenvalue weighted by Crippen LogP contribution is -2.37. The van der Waals surface area contributed by atoms with E-state index >= 15 is 0 Å². The van der Waals surface area contributed by atoms with Gasteiger partial charge < -0.3 is 14.7 Å². The van der Waals surface area contributed by atoms with E-state index in [0.29, 0.717) is 19.0 Å². The van der Waals surface area contributed by atoms with E-state index in [9.17, 15) is 5.11 Å². The second-order valence-corrected chi connectivity index (χ2v) is 7.60. The van der Waals surface area contributed by atoms with Crippen LogP contribution < -0.4 is 4.90 Å². The van der Waals surface area contributed by atoms with Crippen LogP contribution in [-0.2, 0) is 4.74 Å². The van der Waals surface area contributed by atoms with Crippen molar-refractivity contribution in [3.63, 3.8) is 0 Å². The van der Waals surface area contributed by atoms with Crippen molar-refractivity contribution >= 4 is 17.7 Å². The maximum atomic E-state index is 10.0. The van der Waals surface area contributed by atoms with Crippen LogP contribution in [0.4, 0.5) is 5.95 Å². The molecule has 130 valence electrons. The first-order chi connectivity index (χ1) is 11.4. The number of nitrogens with zero attached hydrogens (tertiary/aromatic N) is 4. The zero-order chi connectivity index (χ0) is 17.2. The Hall–Kier alpha value is -1.57. The third-order valence-electron chi connectivity index (χ3n) is 3.76. The molecule has 0 saturated carbocycles. The van der Waals surface area contributed by atoms with Crippen LogP contribution in [0.2, 0.25) is 0 Å². The Balaban J connectivity index is 1.96. The Morgan fingerprint density at radius 2 is 1.83 bits per heavy atom. The van der Waals surface area contributed by atoms with E-state index in [0.717, 1.165) is 29.9 Å². The van der Waals surface area contributed by atoms with Crippen molar-refractivity contribution in [1.82, 2.24) is 14.8 Å². The van der Waals surface area contributed by atoms with E-state index in [1.807, 2.05) is 0 Å². The number of benzene rings is 1. The molecule has 0 spiro atoms. The molecule has 6 nitrogen and oxygen atoms in total. The molecule has 1 aliphatic rings. The first kappa shape index (κ1) is 17.3. The van der Waals surface area contributed by atoms with Crippen molar-refractivity contribution in [2.75, 3.05) is 37.0 Å². The quantitative estimate of drug-likeness (QED) is 0.837. The first-order valence-electron chi connectivity index (χ1n) is 8.14. The topological polar surface area (TPSA) is 63.4 Å². The zero-order valence-corrected chi connectivity index (χ0v) is 15.2. The minimum absolute atomic E-state index is 0.556. The van der Waals surface area contributed by atoms with E-state index in [4.69, 9.17) is 4.74 Å². The van der Waals surface area contributed by atoms with Crippen LogP contribution in [0, 0.1) is 6.92 Å². The average molecular weight is 348 g/mol. The zero-order valence-electron chi connectivity index (χ0n) is 14.4. The molecule has 1 N–H and O–H groups in total. The molecule has 1 saturated heterocycles. The van der Waals surface area contributed by atoms with E-state index in [1.165, 1.54) is 17.3 Å². The van der Waals surface area contributed by atoms with Crippen LogP contribution in [0.1, 0.15) is 19.4 Å². The Morgan fingerprint density at radius 1 is 1.17 bits per heavy atom. The first-order valence-corrected chi connectivity index (χ1v) is 9.13. The number of thioether (sulfide) groups is 1. The fraction of sp³-hybridized carbons (Fsp3) is 0.529. The molecule has 0 bridgehead atoms. The van der Waals surface area contributed by atoms with Gasteiger partial charge in [0.25, 0.3) is 0 Å². The van der Waals surface area contributed by atoms with Crippen LogP contribution in [0.5, 0.6) is 0 Å². The Bertz CT molecular complexity index is 673. The lowest BCUT2D eigenvalue weighted by atomic mass is 10.2. The summed E-state index contributed by atoms with van der Waals surface area (Å²) in [5.41, 5.74) is 1.49. The number of rotatable bonds is 5. The summed E-state index contributed by atoms with van der Waals surface area (Å²) < 4.78 is 7.51. The fourth-order valence-corrected chi connectivity index (χ4v) is 3.38. The maximum Gasteiger partial charge on any atom is 0.232 e. The summed E-state index contributed by atoms with van der Waals surface area (Å²) in [4.78, 5) is 2.20. The van der Waals surface area contributed by atoms with E-state index in [1.54, 1.807) is 13.8 Å². The van der Waals surface area contributed by atoms with Gasteiger partial charge in [0.05, 0.1) is 24.5 Å². The molecule has 0 unspecified atom stereocenters. The molecule has 0 radical (unpaired) electrons. The number of aliphatic hydroxyl groups is 1. The number of aryl methyl sites for hydroxylation is 1. The maximum absolute atomic E-state index is 10.0. The highest BCUT2D eigenvalue weighted by Gasteiger charge is 2.23. The molecule has 1 aromatic carbocycles. The largest absolute Gasteiger partial charge is 0.390 e. The number of ether oxygens (including phenoxy) is 1. The van der Waals surface area contributed by atoms with Crippen LogP contribution in [0.25, 0.3) is 5.69 Å². The average Bonchev–Trinajstić information content (AvgIpc) is 2.98. The molecule has 1 aliphatic heterocycles. The third kappa shape index (κ3) is 4.09. The monoisotopic (exact) mass is 348 g/mol. The summed E-state index contributed by atoms with van der Waals surface area (Å²) in [6.45, 7) is 8.69. The predicted octanol–water partition coefficient (Wildman–Crippen LogP) is 2.28. The molecule has 24 heavy (non-hydrogen) atoms. The predicted molar refractivity (Wildman–Crippen MR) is 96.1 cm³/mol. The second-order valence-electron chi connectivity index (χ2n) is 6.65. The molecule has 3 rings (SSSR count). The molecule has 2 heterocycles. The molecule has 7 heteroatoms. The summed E-state index contributed by atoms with van der Waals surface area (Å²) in [6.07, 6.45) is 0. The van der Waals surface area contributed by atoms with E-state index in [-0.39, 0.29) is 0 Å². The van der Waals surface area contributed by atoms with Crippen LogP contribution in [0.3, 0.4) is 0 Å². The van der Waals surface area contributed by atoms with Crippen molar-refractivity contribution in [2.45, 2.75) is 31.5 Å². The van der Waals surface area contributed by atoms with E-state index < -0.39 is 5.60 Å². The third-order valence-corrected chi connectivity index (χ3v) is 5.13. The van der Waals surface area contributed by atoms with Gasteiger partial charge in [0.1, 0.15) is 0 Å². The lowest BCUT2D eigenvalue weighted by Gasteiger charge is -2.28. The van der Waals surface area contributed by atoms with Crippen molar-refractivity contribution in [2.24, 2.45) is 0 Å². The van der Waals surface area contributed by atoms with Gasteiger partial charge in [0.2, 0.25) is 5.95 Å². The van der Waals surface area contributed by atoms with Gasteiger partial charge >= 0.3 is 0 Å². The minimum Gasteiger partial charge on any atom is -0.390 e. The summed E-state index contributed by atoms with van der Waals surface area (Å²) in [5.74, 6) is 1.39. The van der Waals surface area contributed by atoms with Gasteiger partial charge in [0, 0.05) is 18.8 Å². The highest BCUT2D eigenvalue weighted by Crippen LogP contribution is 2.29. The van der Waals surface area contributed by atoms with Gasteiger partial charge in [-0.05, 0) is 32.9 Å². The van der Waals surface area contributed by atoms with Crippen molar-refractivity contribution in [1.29, 1.82) is 0 Å². The van der Waals surface area contributed by atoms with Gasteiger partial charge in [-0.1, -0.05) is 29.5 Å². The minimum atomic E-state index is -0.756. The Kier molecular flexibility index (Phi) is 5.12. The number of hydrogen-bond acceptors (Lipinski definition) is 6. The highest BCUT2D eigenvalue weighted by molar-refractivity contribution is 7.99. The fourth-order valence-electron chi connectivity index (χ4n) is 2.48. The summed E-state index contributed by atoms with van der Waals surface area (Å²) in [7, 11) is 0. The van der Waals surface area contributed by atoms with Gasteiger partial charge in [-0.2, -0.15) is 0 Å². The van der Waals surface area contributed by atoms with Gasteiger partial charge in [-0.25, -0.2) is 0 Å². The van der Waals surface area contributed by atoms with Gasteiger partial charge in [0.15, 0.2) is 5.16 Å². The van der Waals surface area contributed by atoms with Crippen LogP contribution in [-0.4, -0.2) is 57.5 Å². The van der Waals surface area contributed by atoms with Crippen LogP contribution in [0.15, 0.2) is 29.4 Å². The Morgan fingerprint density at radius 3 is 2.46 bits per heavy atom. The lowest BCUT2D eigenvalue weighted by molar-refractivity contribution is 0.107. The molecular formula is C17H24N4O2S. The highest BCUT2D eigenvalue weighted by atomic mass is 32.2. The van der Waals surface area contributed by atoms with Crippen molar-refractivity contribution in [3.05, 3.63) is 29.8 Å². The molecule has 0 amide bonds. The van der Waals surface area contributed by atoms with Crippen LogP contribution >= 0.6 is 11.8 Å². The molecule has 2 aromatic rings. The normalized spacial score (nSPS) is 15.8. The van der Waals surface area contributed by atoms with Gasteiger partial charge in [-0.15, -0.1) is 10.2 Å². The van der Waals surface area contributed by atoms with Gasteiger partial charge in [-0.3, -0.25) is 4.57 Å². The van der Waals surface area contributed by atoms with Crippen molar-refractivity contribution < 1.29 is 9.84 Å². The molecule has 0 aliphatic carbocycles. The standard InChI is InChI=1S/C17H24N4O2S/c1-13-4-6-14(7-5-13)21-15(20-8-10-23-11-9-20)18-19-16(21)24-12-17(2,3)22/h4-7,22H,8-12H2,1-3H3. The smallest absolute Gasteiger partial charge is 0.232 e. The second kappa shape index (κ2) is 7.13. The van der Waals surface area contributed by atoms with E-state index in [2.05, 4.69) is 50.9 Å². The summed E-state index contributed by atoms with van der Waals surface area (Å²) in [5, 5.41) is 19.6. The molecule has 1 fully saturated rings. The summed E-state index contributed by atoms with van der Waals surface area (Å²) in [6, 6.07) is 8.33.